The minimum atomic E-state index is -0.486. The van der Waals surface area contributed by atoms with Crippen LogP contribution in [-0.2, 0) is 17.8 Å². The highest BCUT2D eigenvalue weighted by Gasteiger charge is 2.33. The van der Waals surface area contributed by atoms with Crippen molar-refractivity contribution in [3.63, 3.8) is 0 Å². The van der Waals surface area contributed by atoms with E-state index >= 15 is 0 Å². The van der Waals surface area contributed by atoms with Gasteiger partial charge in [0.1, 0.15) is 5.82 Å². The second kappa shape index (κ2) is 6.93. The molecule has 3 N–H and O–H groups in total. The molecule has 5 nitrogen and oxygen atoms in total. The second-order valence-corrected chi connectivity index (χ2v) is 6.84. The van der Waals surface area contributed by atoms with Gasteiger partial charge in [-0.25, -0.2) is 4.98 Å². The molecule has 2 aromatic rings. The number of carbonyl (C=O) groups excluding carboxylic acids is 1. The fourth-order valence-electron chi connectivity index (χ4n) is 3.64. The highest BCUT2D eigenvalue weighted by atomic mass is 16.2. The van der Waals surface area contributed by atoms with Gasteiger partial charge >= 0.3 is 0 Å². The number of rotatable bonds is 5. The Morgan fingerprint density at radius 1 is 1.29 bits per heavy atom. The quantitative estimate of drug-likeness (QED) is 0.882. The number of nitrogens with one attached hydrogen (secondary N) is 1. The number of fused-ring (bicyclic) bond motifs is 3. The third-order valence-corrected chi connectivity index (χ3v) is 5.59. The van der Waals surface area contributed by atoms with Crippen molar-refractivity contribution in [1.82, 2.24) is 9.55 Å². The third-order valence-electron chi connectivity index (χ3n) is 5.59. The van der Waals surface area contributed by atoms with Gasteiger partial charge in [0.25, 0.3) is 0 Å². The van der Waals surface area contributed by atoms with Gasteiger partial charge in [-0.3, -0.25) is 4.79 Å². The van der Waals surface area contributed by atoms with Gasteiger partial charge in [-0.2, -0.15) is 0 Å². The number of carbonyl (C=O) groups is 1. The monoisotopic (exact) mass is 328 g/mol. The topological polar surface area (TPSA) is 72.9 Å². The van der Waals surface area contributed by atoms with E-state index in [0.717, 1.165) is 37.0 Å². The first-order chi connectivity index (χ1) is 11.6. The van der Waals surface area contributed by atoms with Crippen molar-refractivity contribution in [1.29, 1.82) is 0 Å². The summed E-state index contributed by atoms with van der Waals surface area (Å²) in [5.74, 6) is 1.18. The zero-order valence-electron chi connectivity index (χ0n) is 14.8. The summed E-state index contributed by atoms with van der Waals surface area (Å²) in [6.07, 6.45) is 6.22. The number of hydrogen-bond donors (Lipinski definition) is 2. The lowest BCUT2D eigenvalue weighted by Gasteiger charge is -2.28. The van der Waals surface area contributed by atoms with Crippen molar-refractivity contribution in [3.8, 4) is 0 Å². The average molecular weight is 328 g/mol. The van der Waals surface area contributed by atoms with E-state index < -0.39 is 5.41 Å². The average Bonchev–Trinajstić information content (AvgIpc) is 2.77. The SMILES string of the molecule is CCC(CC)(CN)C(=O)Nc1ccc2c(c1)nc1n2CCCCC1. The molecule has 0 fully saturated rings. The molecule has 1 aliphatic rings. The van der Waals surface area contributed by atoms with E-state index in [9.17, 15) is 4.79 Å². The molecule has 0 spiro atoms. The van der Waals surface area contributed by atoms with E-state index in [2.05, 4.69) is 16.0 Å². The van der Waals surface area contributed by atoms with Gasteiger partial charge < -0.3 is 15.6 Å². The first kappa shape index (κ1) is 17.0. The van der Waals surface area contributed by atoms with Crippen molar-refractivity contribution in [2.75, 3.05) is 11.9 Å². The van der Waals surface area contributed by atoms with E-state index in [4.69, 9.17) is 10.7 Å². The maximum Gasteiger partial charge on any atom is 0.231 e. The molecule has 0 atom stereocenters. The molecule has 5 heteroatoms. The predicted molar refractivity (Wildman–Crippen MR) is 98.0 cm³/mol. The lowest BCUT2D eigenvalue weighted by molar-refractivity contribution is -0.125. The van der Waals surface area contributed by atoms with E-state index in [-0.39, 0.29) is 5.91 Å². The number of amides is 1. The van der Waals surface area contributed by atoms with Gasteiger partial charge in [0.2, 0.25) is 5.91 Å². The summed E-state index contributed by atoms with van der Waals surface area (Å²) in [6, 6.07) is 6.04. The number of benzene rings is 1. The molecular weight excluding hydrogens is 300 g/mol. The summed E-state index contributed by atoms with van der Waals surface area (Å²) >= 11 is 0. The summed E-state index contributed by atoms with van der Waals surface area (Å²) in [4.78, 5) is 17.5. The molecule has 0 aliphatic carbocycles. The highest BCUT2D eigenvalue weighted by Crippen LogP contribution is 2.29. The van der Waals surface area contributed by atoms with Crippen LogP contribution in [0.2, 0.25) is 0 Å². The van der Waals surface area contributed by atoms with Crippen LogP contribution in [0.3, 0.4) is 0 Å². The lowest BCUT2D eigenvalue weighted by Crippen LogP contribution is -2.41. The Hall–Kier alpha value is -1.88. The standard InChI is InChI=1S/C19H28N4O/c1-3-19(4-2,13-20)18(24)21-14-9-10-16-15(12-14)22-17-8-6-5-7-11-23(16)17/h9-10,12H,3-8,11,13,20H2,1-2H3,(H,21,24). The van der Waals surface area contributed by atoms with Crippen molar-refractivity contribution in [3.05, 3.63) is 24.0 Å². The molecule has 1 amide bonds. The van der Waals surface area contributed by atoms with Gasteiger partial charge in [-0.15, -0.1) is 0 Å². The predicted octanol–water partition coefficient (Wildman–Crippen LogP) is 3.47. The summed E-state index contributed by atoms with van der Waals surface area (Å²) in [5, 5.41) is 3.05. The highest BCUT2D eigenvalue weighted by molar-refractivity contribution is 5.97. The molecular formula is C19H28N4O. The molecule has 2 heterocycles. The Morgan fingerprint density at radius 2 is 2.08 bits per heavy atom. The molecule has 0 saturated carbocycles. The molecule has 24 heavy (non-hydrogen) atoms. The van der Waals surface area contributed by atoms with Gasteiger partial charge in [-0.05, 0) is 43.9 Å². The number of imidazole rings is 1. The molecule has 1 aliphatic heterocycles. The van der Waals surface area contributed by atoms with Crippen LogP contribution in [0.25, 0.3) is 11.0 Å². The third kappa shape index (κ3) is 2.93. The summed E-state index contributed by atoms with van der Waals surface area (Å²) in [5.41, 5.74) is 8.33. The van der Waals surface area contributed by atoms with Crippen LogP contribution in [0, 0.1) is 5.41 Å². The zero-order chi connectivity index (χ0) is 17.2. The van der Waals surface area contributed by atoms with Crippen molar-refractivity contribution in [2.24, 2.45) is 11.1 Å². The maximum absolute atomic E-state index is 12.7. The van der Waals surface area contributed by atoms with Crippen LogP contribution in [0.1, 0.15) is 51.8 Å². The Morgan fingerprint density at radius 3 is 2.79 bits per heavy atom. The van der Waals surface area contributed by atoms with Crippen LogP contribution < -0.4 is 11.1 Å². The fraction of sp³-hybridized carbons (Fsp3) is 0.579. The van der Waals surface area contributed by atoms with Gasteiger partial charge in [0.15, 0.2) is 0 Å². The lowest BCUT2D eigenvalue weighted by atomic mass is 9.81. The molecule has 1 aromatic heterocycles. The molecule has 1 aromatic carbocycles. The Balaban J connectivity index is 1.87. The number of aromatic nitrogens is 2. The van der Waals surface area contributed by atoms with Gasteiger partial charge in [0.05, 0.1) is 16.4 Å². The first-order valence-electron chi connectivity index (χ1n) is 9.14. The minimum Gasteiger partial charge on any atom is -0.329 e. The molecule has 3 rings (SSSR count). The van der Waals surface area contributed by atoms with E-state index in [0.29, 0.717) is 6.54 Å². The molecule has 0 radical (unpaired) electrons. The number of anilines is 1. The van der Waals surface area contributed by atoms with E-state index in [1.165, 1.54) is 30.6 Å². The smallest absolute Gasteiger partial charge is 0.231 e. The summed E-state index contributed by atoms with van der Waals surface area (Å²) in [7, 11) is 0. The van der Waals surface area contributed by atoms with Crippen LogP contribution in [0.5, 0.6) is 0 Å². The van der Waals surface area contributed by atoms with E-state index in [1.54, 1.807) is 0 Å². The maximum atomic E-state index is 12.7. The van der Waals surface area contributed by atoms with E-state index in [1.807, 2.05) is 26.0 Å². The molecule has 0 unspecified atom stereocenters. The van der Waals surface area contributed by atoms with Crippen molar-refractivity contribution in [2.45, 2.75) is 58.9 Å². The van der Waals surface area contributed by atoms with Crippen molar-refractivity contribution < 1.29 is 4.79 Å². The zero-order valence-corrected chi connectivity index (χ0v) is 14.8. The first-order valence-corrected chi connectivity index (χ1v) is 9.14. The van der Waals surface area contributed by atoms with Crippen LogP contribution in [0.4, 0.5) is 5.69 Å². The normalized spacial score (nSPS) is 15.1. The van der Waals surface area contributed by atoms with Crippen LogP contribution in [0.15, 0.2) is 18.2 Å². The largest absolute Gasteiger partial charge is 0.329 e. The van der Waals surface area contributed by atoms with Crippen molar-refractivity contribution >= 4 is 22.6 Å². The molecule has 0 saturated heterocycles. The van der Waals surface area contributed by atoms with Gasteiger partial charge in [0, 0.05) is 25.2 Å². The molecule has 0 bridgehead atoms. The Bertz CT molecular complexity index is 722. The van der Waals surface area contributed by atoms with Gasteiger partial charge in [-0.1, -0.05) is 20.3 Å². The minimum absolute atomic E-state index is 0.00937. The second-order valence-electron chi connectivity index (χ2n) is 6.84. The van der Waals surface area contributed by atoms with Crippen LogP contribution in [-0.4, -0.2) is 22.0 Å². The fourth-order valence-corrected chi connectivity index (χ4v) is 3.64. The number of hydrogen-bond acceptors (Lipinski definition) is 3. The number of nitrogens with zero attached hydrogens (tertiary/aromatic N) is 2. The summed E-state index contributed by atoms with van der Waals surface area (Å²) < 4.78 is 2.33. The number of nitrogens with two attached hydrogens (primary N) is 1. The Kier molecular flexibility index (Phi) is 4.90. The Labute approximate surface area is 143 Å². The number of aryl methyl sites for hydroxylation is 2. The summed E-state index contributed by atoms with van der Waals surface area (Å²) in [6.45, 7) is 5.45. The molecule has 130 valence electrons. The van der Waals surface area contributed by atoms with Crippen LogP contribution >= 0.6 is 0 Å².